The molecule has 1 unspecified atom stereocenters. The molecule has 0 heterocycles. The van der Waals surface area contributed by atoms with Crippen LogP contribution in [0, 0.1) is 15.5 Å². The molecule has 0 aliphatic carbocycles. The van der Waals surface area contributed by atoms with Crippen molar-refractivity contribution >= 4 is 35.4 Å². The van der Waals surface area contributed by atoms with Crippen molar-refractivity contribution in [3.8, 4) is 0 Å². The van der Waals surface area contributed by atoms with Crippen LogP contribution in [0.4, 0.5) is 5.69 Å². The van der Waals surface area contributed by atoms with Crippen LogP contribution in [0.5, 0.6) is 0 Å². The summed E-state index contributed by atoms with van der Waals surface area (Å²) in [6.45, 7) is 6.80. The van der Waals surface area contributed by atoms with E-state index < -0.39 is 28.2 Å². The van der Waals surface area contributed by atoms with Crippen LogP contribution in [0.2, 0.25) is 0 Å². The molecule has 0 bridgehead atoms. The maximum absolute atomic E-state index is 12.2. The number of carbonyl (C=O) groups excluding carboxylic acids is 2. The number of nitro groups is 1. The molecule has 136 valence electrons. The first-order valence-corrected chi connectivity index (χ1v) is 8.24. The Kier molecular flexibility index (Phi) is 6.31. The van der Waals surface area contributed by atoms with E-state index in [1.54, 1.807) is 0 Å². The normalized spacial score (nSPS) is 13.6. The third kappa shape index (κ3) is 5.56. The summed E-state index contributed by atoms with van der Waals surface area (Å²) in [6, 6.07) is 4.45. The zero-order valence-corrected chi connectivity index (χ0v) is 15.1. The fourth-order valence-corrected chi connectivity index (χ4v) is 2.51. The lowest BCUT2D eigenvalue weighted by Gasteiger charge is -2.26. The third-order valence-corrected chi connectivity index (χ3v) is 4.80. The number of carbonyl (C=O) groups is 3. The fraction of sp³-hybridized carbons (Fsp3) is 0.438. The van der Waals surface area contributed by atoms with Gasteiger partial charge in [0.2, 0.25) is 0 Å². The van der Waals surface area contributed by atoms with Gasteiger partial charge in [-0.05, 0) is 19.1 Å². The molecule has 1 atom stereocenters. The minimum atomic E-state index is -1.89. The minimum absolute atomic E-state index is 0.0712. The number of ether oxygens (including phenoxy) is 1. The first-order chi connectivity index (χ1) is 11.4. The number of rotatable bonds is 6. The Hall–Kier alpha value is -2.42. The van der Waals surface area contributed by atoms with Gasteiger partial charge < -0.3 is 9.84 Å². The van der Waals surface area contributed by atoms with Gasteiger partial charge >= 0.3 is 17.9 Å². The molecule has 0 spiro atoms. The zero-order valence-electron chi connectivity index (χ0n) is 14.3. The quantitative estimate of drug-likeness (QED) is 0.351. The standard InChI is InChI=1S/C16H19NO7S/c1-15(2,3)25-9-16(4,13(19)20)14(21)24-12(18)10-5-7-11(8-6-10)17(22)23/h5-8H,9H2,1-4H3,(H,19,20). The summed E-state index contributed by atoms with van der Waals surface area (Å²) < 4.78 is 4.41. The Morgan fingerprint density at radius 1 is 1.16 bits per heavy atom. The second-order valence-electron chi connectivity index (χ2n) is 6.52. The Balaban J connectivity index is 2.90. The molecule has 0 radical (unpaired) electrons. The molecule has 0 fully saturated rings. The average molecular weight is 369 g/mol. The second kappa shape index (κ2) is 7.64. The zero-order chi connectivity index (χ0) is 19.4. The van der Waals surface area contributed by atoms with Crippen LogP contribution >= 0.6 is 11.8 Å². The molecule has 0 amide bonds. The molecule has 1 aromatic carbocycles. The molecule has 25 heavy (non-hydrogen) atoms. The van der Waals surface area contributed by atoms with Crippen molar-refractivity contribution in [1.82, 2.24) is 0 Å². The van der Waals surface area contributed by atoms with E-state index in [0.717, 1.165) is 24.3 Å². The van der Waals surface area contributed by atoms with E-state index >= 15 is 0 Å². The third-order valence-electron chi connectivity index (χ3n) is 3.22. The Bertz CT molecular complexity index is 693. The number of esters is 2. The van der Waals surface area contributed by atoms with Crippen molar-refractivity contribution in [3.05, 3.63) is 39.9 Å². The molecule has 8 nitrogen and oxygen atoms in total. The summed E-state index contributed by atoms with van der Waals surface area (Å²) in [7, 11) is 0. The first kappa shape index (κ1) is 20.6. The van der Waals surface area contributed by atoms with E-state index in [0.29, 0.717) is 0 Å². The van der Waals surface area contributed by atoms with Gasteiger partial charge in [0.1, 0.15) is 0 Å². The highest BCUT2D eigenvalue weighted by atomic mass is 32.2. The maximum Gasteiger partial charge on any atom is 0.345 e. The number of hydrogen-bond donors (Lipinski definition) is 1. The lowest BCUT2D eigenvalue weighted by molar-refractivity contribution is -0.384. The Labute approximate surface area is 148 Å². The summed E-state index contributed by atoms with van der Waals surface area (Å²) in [5.41, 5.74) is -2.20. The number of non-ortho nitro benzene ring substituents is 1. The smallest absolute Gasteiger partial charge is 0.345 e. The summed E-state index contributed by atoms with van der Waals surface area (Å²) in [5, 5.41) is 20.0. The van der Waals surface area contributed by atoms with Gasteiger partial charge in [0.15, 0.2) is 5.41 Å². The van der Waals surface area contributed by atoms with Crippen molar-refractivity contribution in [3.63, 3.8) is 0 Å². The lowest BCUT2D eigenvalue weighted by atomic mass is 9.94. The van der Waals surface area contributed by atoms with Crippen molar-refractivity contribution in [2.45, 2.75) is 32.4 Å². The number of nitrogens with zero attached hydrogens (tertiary/aromatic N) is 1. The molecule has 1 rings (SSSR count). The van der Waals surface area contributed by atoms with Crippen molar-refractivity contribution in [2.75, 3.05) is 5.75 Å². The largest absolute Gasteiger partial charge is 0.480 e. The van der Waals surface area contributed by atoms with Crippen LogP contribution in [0.1, 0.15) is 38.1 Å². The van der Waals surface area contributed by atoms with E-state index in [9.17, 15) is 29.6 Å². The molecule has 0 aliphatic rings. The summed E-state index contributed by atoms with van der Waals surface area (Å²) in [6.07, 6.45) is 0. The molecule has 1 aromatic rings. The molecule has 0 aromatic heterocycles. The number of thioether (sulfide) groups is 1. The highest BCUT2D eigenvalue weighted by molar-refractivity contribution is 8.00. The monoisotopic (exact) mass is 369 g/mol. The van der Waals surface area contributed by atoms with Crippen LogP contribution in [0.25, 0.3) is 0 Å². The van der Waals surface area contributed by atoms with Gasteiger partial charge in [-0.25, -0.2) is 4.79 Å². The van der Waals surface area contributed by atoms with Gasteiger partial charge in [0.25, 0.3) is 5.69 Å². The van der Waals surface area contributed by atoms with E-state index in [1.807, 2.05) is 20.8 Å². The predicted octanol–water partition coefficient (Wildman–Crippen LogP) is 2.90. The Morgan fingerprint density at radius 3 is 2.08 bits per heavy atom. The lowest BCUT2D eigenvalue weighted by Crippen LogP contribution is -2.42. The molecule has 1 N–H and O–H groups in total. The number of nitro benzene ring substituents is 1. The SMILES string of the molecule is CC(C)(C)SCC(C)(C(=O)O)C(=O)OC(=O)c1ccc([N+](=O)[O-])cc1. The van der Waals surface area contributed by atoms with Gasteiger partial charge in [-0.2, -0.15) is 11.8 Å². The van der Waals surface area contributed by atoms with Gasteiger partial charge in [-0.1, -0.05) is 20.8 Å². The molecular formula is C16H19NO7S. The molecule has 0 saturated carbocycles. The van der Waals surface area contributed by atoms with Gasteiger partial charge in [-0.3, -0.25) is 19.7 Å². The van der Waals surface area contributed by atoms with Crippen LogP contribution in [0.15, 0.2) is 24.3 Å². The highest BCUT2D eigenvalue weighted by Gasteiger charge is 2.45. The van der Waals surface area contributed by atoms with Crippen LogP contribution in [-0.2, 0) is 14.3 Å². The molecule has 0 saturated heterocycles. The second-order valence-corrected chi connectivity index (χ2v) is 8.32. The average Bonchev–Trinajstić information content (AvgIpc) is 2.51. The topological polar surface area (TPSA) is 124 Å². The minimum Gasteiger partial charge on any atom is -0.480 e. The number of benzene rings is 1. The molecule has 9 heteroatoms. The molecule has 0 aliphatic heterocycles. The highest BCUT2D eigenvalue weighted by Crippen LogP contribution is 2.32. The summed E-state index contributed by atoms with van der Waals surface area (Å²) in [5.74, 6) is -3.71. The van der Waals surface area contributed by atoms with Crippen LogP contribution in [0.3, 0.4) is 0 Å². The van der Waals surface area contributed by atoms with E-state index in [2.05, 4.69) is 4.74 Å². The summed E-state index contributed by atoms with van der Waals surface area (Å²) >= 11 is 1.26. The Morgan fingerprint density at radius 2 is 1.68 bits per heavy atom. The van der Waals surface area contributed by atoms with Crippen molar-refractivity contribution in [1.29, 1.82) is 0 Å². The number of aliphatic carboxylic acids is 1. The number of carboxylic acid groups (broad SMARTS) is 1. The van der Waals surface area contributed by atoms with Crippen molar-refractivity contribution in [2.24, 2.45) is 5.41 Å². The summed E-state index contributed by atoms with van der Waals surface area (Å²) in [4.78, 5) is 45.7. The van der Waals surface area contributed by atoms with Crippen LogP contribution in [-0.4, -0.2) is 38.4 Å². The van der Waals surface area contributed by atoms with Gasteiger partial charge in [0.05, 0.1) is 10.5 Å². The van der Waals surface area contributed by atoms with Crippen molar-refractivity contribution < 1.29 is 29.2 Å². The molecular weight excluding hydrogens is 350 g/mol. The first-order valence-electron chi connectivity index (χ1n) is 7.25. The van der Waals surface area contributed by atoms with Gasteiger partial charge in [0, 0.05) is 22.6 Å². The van der Waals surface area contributed by atoms with E-state index in [4.69, 9.17) is 0 Å². The predicted molar refractivity (Wildman–Crippen MR) is 91.5 cm³/mol. The van der Waals surface area contributed by atoms with E-state index in [1.165, 1.54) is 18.7 Å². The van der Waals surface area contributed by atoms with Crippen LogP contribution < -0.4 is 0 Å². The number of hydrogen-bond acceptors (Lipinski definition) is 7. The maximum atomic E-state index is 12.2. The fourth-order valence-electron chi connectivity index (χ4n) is 1.54. The van der Waals surface area contributed by atoms with Gasteiger partial charge in [-0.15, -0.1) is 0 Å². The van der Waals surface area contributed by atoms with E-state index in [-0.39, 0.29) is 21.8 Å². The number of carboxylic acids is 1.